The lowest BCUT2D eigenvalue weighted by Crippen LogP contribution is -2.34. The molecule has 0 spiro atoms. The molecule has 0 unspecified atom stereocenters. The fraction of sp³-hybridized carbons (Fsp3) is 0.643. The molecule has 0 aromatic carbocycles. The summed E-state index contributed by atoms with van der Waals surface area (Å²) in [6.07, 6.45) is 7.48. The van der Waals surface area contributed by atoms with Crippen LogP contribution in [-0.4, -0.2) is 36.6 Å². The fourth-order valence-corrected chi connectivity index (χ4v) is 2.73. The van der Waals surface area contributed by atoms with Gasteiger partial charge < -0.3 is 5.32 Å². The van der Waals surface area contributed by atoms with E-state index in [1.54, 1.807) is 6.20 Å². The standard InChI is InChI=1S/C14H22ClN3.2ClH/c1-16-6-2-12-4-8-18(9-5-12)11-13-3-7-17-10-14(13)15;;/h3,7,10,12,16H,2,4-6,8-9,11H2,1H3;2*1H. The quantitative estimate of drug-likeness (QED) is 0.890. The Balaban J connectivity index is 0.00000180. The molecule has 0 atom stereocenters. The molecule has 116 valence electrons. The van der Waals surface area contributed by atoms with E-state index in [-0.39, 0.29) is 24.8 Å². The summed E-state index contributed by atoms with van der Waals surface area (Å²) in [6, 6.07) is 2.02. The summed E-state index contributed by atoms with van der Waals surface area (Å²) in [5.74, 6) is 0.890. The average molecular weight is 341 g/mol. The van der Waals surface area contributed by atoms with Crippen molar-refractivity contribution in [3.8, 4) is 0 Å². The van der Waals surface area contributed by atoms with E-state index < -0.39 is 0 Å². The molecule has 0 aliphatic carbocycles. The number of pyridine rings is 1. The molecule has 0 bridgehead atoms. The number of rotatable bonds is 5. The first-order valence-electron chi connectivity index (χ1n) is 6.75. The van der Waals surface area contributed by atoms with Gasteiger partial charge in [0.15, 0.2) is 0 Å². The van der Waals surface area contributed by atoms with Crippen molar-refractivity contribution in [1.29, 1.82) is 0 Å². The van der Waals surface area contributed by atoms with Crippen molar-refractivity contribution in [2.45, 2.75) is 25.8 Å². The highest BCUT2D eigenvalue weighted by Gasteiger charge is 2.19. The maximum absolute atomic E-state index is 6.14. The van der Waals surface area contributed by atoms with E-state index in [0.29, 0.717) is 0 Å². The van der Waals surface area contributed by atoms with E-state index >= 15 is 0 Å². The Bertz CT molecular complexity index is 368. The van der Waals surface area contributed by atoms with Gasteiger partial charge in [-0.2, -0.15) is 0 Å². The van der Waals surface area contributed by atoms with E-state index in [0.717, 1.165) is 24.0 Å². The molecule has 1 aromatic rings. The van der Waals surface area contributed by atoms with Crippen molar-refractivity contribution in [1.82, 2.24) is 15.2 Å². The Hall–Kier alpha value is -0.0600. The second kappa shape index (κ2) is 10.6. The molecular formula is C14H24Cl3N3. The number of likely N-dealkylation sites (tertiary alicyclic amines) is 1. The highest BCUT2D eigenvalue weighted by Crippen LogP contribution is 2.23. The molecule has 1 aromatic heterocycles. The molecule has 0 radical (unpaired) electrons. The van der Waals surface area contributed by atoms with Crippen LogP contribution in [0.15, 0.2) is 18.5 Å². The normalized spacial score (nSPS) is 16.3. The lowest BCUT2D eigenvalue weighted by atomic mass is 9.93. The Morgan fingerprint density at radius 2 is 2.05 bits per heavy atom. The van der Waals surface area contributed by atoms with Gasteiger partial charge in [-0.25, -0.2) is 0 Å². The van der Waals surface area contributed by atoms with Gasteiger partial charge in [-0.15, -0.1) is 24.8 Å². The minimum absolute atomic E-state index is 0. The summed E-state index contributed by atoms with van der Waals surface area (Å²) >= 11 is 6.14. The third-order valence-electron chi connectivity index (χ3n) is 3.76. The SMILES string of the molecule is CNCCC1CCN(Cc2ccncc2Cl)CC1.Cl.Cl. The van der Waals surface area contributed by atoms with E-state index in [4.69, 9.17) is 11.6 Å². The van der Waals surface area contributed by atoms with Crippen LogP contribution < -0.4 is 5.32 Å². The third kappa shape index (κ3) is 6.15. The van der Waals surface area contributed by atoms with Crippen LogP contribution in [0.3, 0.4) is 0 Å². The monoisotopic (exact) mass is 339 g/mol. The van der Waals surface area contributed by atoms with Crippen molar-refractivity contribution in [2.75, 3.05) is 26.7 Å². The molecule has 1 fully saturated rings. The van der Waals surface area contributed by atoms with Crippen LogP contribution in [0.5, 0.6) is 0 Å². The Morgan fingerprint density at radius 1 is 1.35 bits per heavy atom. The van der Waals surface area contributed by atoms with Crippen molar-refractivity contribution in [3.05, 3.63) is 29.0 Å². The van der Waals surface area contributed by atoms with Crippen molar-refractivity contribution < 1.29 is 0 Å². The summed E-state index contributed by atoms with van der Waals surface area (Å²) in [7, 11) is 2.03. The predicted octanol–water partition coefficient (Wildman–Crippen LogP) is 3.40. The number of nitrogens with zero attached hydrogens (tertiary/aromatic N) is 2. The number of hydrogen-bond acceptors (Lipinski definition) is 3. The Kier molecular flexibility index (Phi) is 10.6. The average Bonchev–Trinajstić information content (AvgIpc) is 2.41. The molecule has 2 rings (SSSR count). The summed E-state index contributed by atoms with van der Waals surface area (Å²) in [6.45, 7) is 4.47. The second-order valence-corrected chi connectivity index (χ2v) is 5.49. The summed E-state index contributed by atoms with van der Waals surface area (Å²) in [5.41, 5.74) is 1.19. The zero-order valence-corrected chi connectivity index (χ0v) is 14.2. The molecule has 3 nitrogen and oxygen atoms in total. The van der Waals surface area contributed by atoms with Gasteiger partial charge in [0.05, 0.1) is 5.02 Å². The first-order chi connectivity index (χ1) is 8.79. The van der Waals surface area contributed by atoms with E-state index in [1.807, 2.05) is 19.3 Å². The Morgan fingerprint density at radius 3 is 2.65 bits per heavy atom. The lowest BCUT2D eigenvalue weighted by molar-refractivity contribution is 0.172. The number of aromatic nitrogens is 1. The maximum atomic E-state index is 6.14. The third-order valence-corrected chi connectivity index (χ3v) is 4.10. The molecule has 0 saturated carbocycles. The zero-order chi connectivity index (χ0) is 12.8. The summed E-state index contributed by atoms with van der Waals surface area (Å²) < 4.78 is 0. The van der Waals surface area contributed by atoms with Crippen LogP contribution in [0, 0.1) is 5.92 Å². The van der Waals surface area contributed by atoms with Crippen LogP contribution in [0.4, 0.5) is 0 Å². The first kappa shape index (κ1) is 19.9. The summed E-state index contributed by atoms with van der Waals surface area (Å²) in [4.78, 5) is 6.52. The molecular weight excluding hydrogens is 317 g/mol. The maximum Gasteiger partial charge on any atom is 0.0634 e. The minimum Gasteiger partial charge on any atom is -0.320 e. The minimum atomic E-state index is 0. The zero-order valence-electron chi connectivity index (χ0n) is 11.8. The van der Waals surface area contributed by atoms with E-state index in [9.17, 15) is 0 Å². The molecule has 1 saturated heterocycles. The van der Waals surface area contributed by atoms with Gasteiger partial charge >= 0.3 is 0 Å². The highest BCUT2D eigenvalue weighted by atomic mass is 35.5. The topological polar surface area (TPSA) is 28.2 Å². The highest BCUT2D eigenvalue weighted by molar-refractivity contribution is 6.31. The summed E-state index contributed by atoms with van der Waals surface area (Å²) in [5, 5.41) is 4.02. The molecule has 1 N–H and O–H groups in total. The van der Waals surface area contributed by atoms with Gasteiger partial charge in [-0.1, -0.05) is 11.6 Å². The lowest BCUT2D eigenvalue weighted by Gasteiger charge is -2.32. The number of nitrogens with one attached hydrogen (secondary N) is 1. The number of hydrogen-bond donors (Lipinski definition) is 1. The number of piperidine rings is 1. The fourth-order valence-electron chi connectivity index (χ4n) is 2.55. The van der Waals surface area contributed by atoms with Crippen molar-refractivity contribution >= 4 is 36.4 Å². The smallest absolute Gasteiger partial charge is 0.0634 e. The Labute approximate surface area is 139 Å². The van der Waals surface area contributed by atoms with Gasteiger partial charge in [0.2, 0.25) is 0 Å². The van der Waals surface area contributed by atoms with Gasteiger partial charge in [0.25, 0.3) is 0 Å². The van der Waals surface area contributed by atoms with Crippen molar-refractivity contribution in [3.63, 3.8) is 0 Å². The number of halogens is 3. The first-order valence-corrected chi connectivity index (χ1v) is 7.12. The van der Waals surface area contributed by atoms with Crippen LogP contribution in [0.25, 0.3) is 0 Å². The molecule has 6 heteroatoms. The van der Waals surface area contributed by atoms with Crippen LogP contribution in [0.2, 0.25) is 5.02 Å². The van der Waals surface area contributed by atoms with Gasteiger partial charge in [-0.3, -0.25) is 9.88 Å². The van der Waals surface area contributed by atoms with Gasteiger partial charge in [0.1, 0.15) is 0 Å². The largest absolute Gasteiger partial charge is 0.320 e. The molecule has 1 aliphatic heterocycles. The van der Waals surface area contributed by atoms with Gasteiger partial charge in [0, 0.05) is 18.9 Å². The molecule has 20 heavy (non-hydrogen) atoms. The molecule has 1 aliphatic rings. The van der Waals surface area contributed by atoms with Crippen molar-refractivity contribution in [2.24, 2.45) is 5.92 Å². The predicted molar refractivity (Wildman–Crippen MR) is 90.3 cm³/mol. The van der Waals surface area contributed by atoms with Gasteiger partial charge in [-0.05, 0) is 63.5 Å². The molecule has 2 heterocycles. The molecule has 0 amide bonds. The van der Waals surface area contributed by atoms with Crippen LogP contribution in [-0.2, 0) is 6.54 Å². The van der Waals surface area contributed by atoms with E-state index in [2.05, 4.69) is 15.2 Å². The van der Waals surface area contributed by atoms with Crippen LogP contribution >= 0.6 is 36.4 Å². The second-order valence-electron chi connectivity index (χ2n) is 5.08. The van der Waals surface area contributed by atoms with E-state index in [1.165, 1.54) is 37.9 Å². The van der Waals surface area contributed by atoms with Crippen LogP contribution in [0.1, 0.15) is 24.8 Å².